The molecule has 0 atom stereocenters. The lowest BCUT2D eigenvalue weighted by Gasteiger charge is -1.99. The van der Waals surface area contributed by atoms with E-state index in [1.807, 2.05) is 18.2 Å². The van der Waals surface area contributed by atoms with Gasteiger partial charge in [-0.25, -0.2) is 0 Å². The van der Waals surface area contributed by atoms with Crippen LogP contribution in [-0.4, -0.2) is 49.5 Å². The number of thioether (sulfide) groups is 2. The van der Waals surface area contributed by atoms with E-state index in [0.717, 1.165) is 0 Å². The van der Waals surface area contributed by atoms with Crippen molar-refractivity contribution in [2.24, 2.45) is 0 Å². The molecule has 2 heterocycles. The molecule has 3 aromatic rings. The summed E-state index contributed by atoms with van der Waals surface area (Å²) >= 11 is 4.87. The number of aromatic nitrogens is 4. The van der Waals surface area contributed by atoms with Gasteiger partial charge in [-0.15, -0.1) is 20.4 Å². The van der Waals surface area contributed by atoms with Crippen molar-refractivity contribution in [3.05, 3.63) is 35.9 Å². The third kappa shape index (κ3) is 6.88. The first kappa shape index (κ1) is 21.4. The number of Topliss-reactive ketones (excluding diaryl/α,β-unsaturated/α-hetero) is 1. The van der Waals surface area contributed by atoms with Crippen molar-refractivity contribution in [3.63, 3.8) is 0 Å². The Morgan fingerprint density at radius 1 is 0.862 bits per heavy atom. The highest BCUT2D eigenvalue weighted by Crippen LogP contribution is 2.28. The Balaban J connectivity index is 1.43. The van der Waals surface area contributed by atoms with Gasteiger partial charge in [0.2, 0.25) is 22.1 Å². The van der Waals surface area contributed by atoms with Crippen molar-refractivity contribution in [2.45, 2.75) is 15.6 Å². The smallest absolute Gasteiger partial charge is 0.236 e. The highest BCUT2D eigenvalue weighted by molar-refractivity contribution is 8.02. The van der Waals surface area contributed by atoms with Gasteiger partial charge in [-0.1, -0.05) is 76.5 Å². The van der Waals surface area contributed by atoms with E-state index in [2.05, 4.69) is 31.0 Å². The minimum atomic E-state index is -0.265. The number of ketones is 1. The number of anilines is 2. The van der Waals surface area contributed by atoms with E-state index < -0.39 is 0 Å². The van der Waals surface area contributed by atoms with Crippen LogP contribution in [0.2, 0.25) is 0 Å². The average molecular weight is 467 g/mol. The van der Waals surface area contributed by atoms with Gasteiger partial charge in [0.25, 0.3) is 0 Å². The van der Waals surface area contributed by atoms with Crippen molar-refractivity contribution in [3.8, 4) is 0 Å². The molecule has 0 saturated heterocycles. The number of hydrogen-bond acceptors (Lipinski definition) is 11. The van der Waals surface area contributed by atoms with E-state index >= 15 is 0 Å². The predicted octanol–water partition coefficient (Wildman–Crippen LogP) is 3.05. The Morgan fingerprint density at radius 3 is 2.07 bits per heavy atom. The molecule has 0 aliphatic heterocycles. The van der Waals surface area contributed by atoms with Crippen molar-refractivity contribution in [1.29, 1.82) is 0 Å². The first-order chi connectivity index (χ1) is 14.0. The summed E-state index contributed by atoms with van der Waals surface area (Å²) in [5.74, 6) is -0.131. The molecule has 0 unspecified atom stereocenters. The molecule has 2 amide bonds. The number of nitrogens with one attached hydrogen (secondary N) is 2. The maximum absolute atomic E-state index is 12.1. The van der Waals surface area contributed by atoms with Gasteiger partial charge in [-0.05, 0) is 0 Å². The maximum atomic E-state index is 12.1. The van der Waals surface area contributed by atoms with Gasteiger partial charge in [0.15, 0.2) is 14.5 Å². The fourth-order valence-corrected chi connectivity index (χ4v) is 5.17. The van der Waals surface area contributed by atoms with Crippen LogP contribution in [0.4, 0.5) is 10.3 Å². The number of hydrogen-bond donors (Lipinski definition) is 2. The average Bonchev–Trinajstić information content (AvgIpc) is 3.34. The highest BCUT2D eigenvalue weighted by atomic mass is 32.2. The minimum Gasteiger partial charge on any atom is -0.301 e. The van der Waals surface area contributed by atoms with Crippen LogP contribution in [0.3, 0.4) is 0 Å². The summed E-state index contributed by atoms with van der Waals surface area (Å²) in [6.07, 6.45) is 0. The topological polar surface area (TPSA) is 127 Å². The van der Waals surface area contributed by atoms with E-state index in [1.54, 1.807) is 12.1 Å². The van der Waals surface area contributed by atoms with Gasteiger partial charge in [0.05, 0.1) is 11.5 Å². The third-order valence-electron chi connectivity index (χ3n) is 3.09. The fourth-order valence-electron chi connectivity index (χ4n) is 1.91. The zero-order valence-electron chi connectivity index (χ0n) is 14.9. The molecule has 2 N–H and O–H groups in total. The number of nitrogens with zero attached hydrogens (tertiary/aromatic N) is 4. The molecular weight excluding hydrogens is 452 g/mol. The van der Waals surface area contributed by atoms with E-state index in [0.29, 0.717) is 24.5 Å². The quantitative estimate of drug-likeness (QED) is 0.278. The van der Waals surface area contributed by atoms with Crippen LogP contribution in [0.15, 0.2) is 39.0 Å². The first-order valence-electron chi connectivity index (χ1n) is 8.08. The maximum Gasteiger partial charge on any atom is 0.236 e. The van der Waals surface area contributed by atoms with Crippen LogP contribution in [0.1, 0.15) is 17.3 Å². The molecule has 2 aromatic heterocycles. The molecule has 0 aliphatic rings. The van der Waals surface area contributed by atoms with Crippen LogP contribution < -0.4 is 10.6 Å². The van der Waals surface area contributed by atoms with E-state index in [-0.39, 0.29) is 29.1 Å². The Labute approximate surface area is 182 Å². The van der Waals surface area contributed by atoms with E-state index in [4.69, 9.17) is 0 Å². The van der Waals surface area contributed by atoms with Crippen molar-refractivity contribution in [1.82, 2.24) is 20.4 Å². The van der Waals surface area contributed by atoms with Gasteiger partial charge in [-0.2, -0.15) is 0 Å². The van der Waals surface area contributed by atoms with Gasteiger partial charge in [0.1, 0.15) is 0 Å². The summed E-state index contributed by atoms with van der Waals surface area (Å²) in [6, 6.07) is 9.02. The first-order valence-corrected chi connectivity index (χ1v) is 11.7. The molecule has 0 spiro atoms. The van der Waals surface area contributed by atoms with Crippen molar-refractivity contribution in [2.75, 3.05) is 22.1 Å². The normalized spacial score (nSPS) is 10.5. The highest BCUT2D eigenvalue weighted by Gasteiger charge is 2.13. The monoisotopic (exact) mass is 466 g/mol. The molecule has 3 rings (SSSR count). The molecule has 1 aromatic carbocycles. The molecule has 0 aliphatic carbocycles. The number of benzene rings is 1. The molecule has 13 heteroatoms. The minimum absolute atomic E-state index is 0.00322. The molecule has 0 radical (unpaired) electrons. The summed E-state index contributed by atoms with van der Waals surface area (Å²) < 4.78 is 1.16. The van der Waals surface area contributed by atoms with Crippen LogP contribution in [0.5, 0.6) is 0 Å². The van der Waals surface area contributed by atoms with Crippen LogP contribution in [-0.2, 0) is 9.59 Å². The standard InChI is InChI=1S/C16H14N6O3S4/c1-9(23)17-13-19-22-16(28-13)27-8-12(25)18-14-20-21-15(29-14)26-7-11(24)10-5-3-2-4-6-10/h2-6H,7-8H2,1H3,(H,17,19,23)(H,18,20,25). The molecular formula is C16H14N6O3S4. The van der Waals surface area contributed by atoms with Crippen LogP contribution in [0, 0.1) is 0 Å². The molecule has 150 valence electrons. The van der Waals surface area contributed by atoms with Crippen molar-refractivity contribution < 1.29 is 14.4 Å². The summed E-state index contributed by atoms with van der Waals surface area (Å²) in [5, 5.41) is 21.6. The number of rotatable bonds is 9. The Morgan fingerprint density at radius 2 is 1.45 bits per heavy atom. The number of carbonyl (C=O) groups excluding carboxylic acids is 3. The lowest BCUT2D eigenvalue weighted by Crippen LogP contribution is -2.13. The van der Waals surface area contributed by atoms with Gasteiger partial charge in [0, 0.05) is 12.5 Å². The lowest BCUT2D eigenvalue weighted by atomic mass is 10.2. The number of carbonyl (C=O) groups is 3. The van der Waals surface area contributed by atoms with Crippen LogP contribution >= 0.6 is 46.2 Å². The zero-order valence-corrected chi connectivity index (χ0v) is 18.2. The molecule has 0 fully saturated rings. The largest absolute Gasteiger partial charge is 0.301 e. The number of amides is 2. The van der Waals surface area contributed by atoms with E-state index in [1.165, 1.54) is 53.1 Å². The van der Waals surface area contributed by atoms with Crippen LogP contribution in [0.25, 0.3) is 0 Å². The SMILES string of the molecule is CC(=O)Nc1nnc(SCC(=O)Nc2nnc(SCC(=O)c3ccccc3)s2)s1. The molecule has 29 heavy (non-hydrogen) atoms. The molecule has 0 saturated carbocycles. The third-order valence-corrected chi connectivity index (χ3v) is 7.04. The Kier molecular flexibility index (Phi) is 7.69. The second-order valence-corrected chi connectivity index (χ2v) is 9.74. The summed E-state index contributed by atoms with van der Waals surface area (Å²) in [5.41, 5.74) is 0.647. The van der Waals surface area contributed by atoms with E-state index in [9.17, 15) is 14.4 Å². The van der Waals surface area contributed by atoms with Crippen molar-refractivity contribution >= 4 is 74.1 Å². The Bertz CT molecular complexity index is 1010. The second-order valence-electron chi connectivity index (χ2n) is 5.34. The molecule has 9 nitrogen and oxygen atoms in total. The van der Waals surface area contributed by atoms with Gasteiger partial charge in [-0.3, -0.25) is 19.7 Å². The predicted molar refractivity (Wildman–Crippen MR) is 115 cm³/mol. The summed E-state index contributed by atoms with van der Waals surface area (Å²) in [6.45, 7) is 1.38. The summed E-state index contributed by atoms with van der Waals surface area (Å²) in [4.78, 5) is 35.2. The van der Waals surface area contributed by atoms with Gasteiger partial charge < -0.3 is 5.32 Å². The van der Waals surface area contributed by atoms with Gasteiger partial charge >= 0.3 is 0 Å². The lowest BCUT2D eigenvalue weighted by molar-refractivity contribution is -0.114. The second kappa shape index (κ2) is 10.4. The zero-order chi connectivity index (χ0) is 20.6. The molecule has 0 bridgehead atoms. The fraction of sp³-hybridized carbons (Fsp3) is 0.188. The Hall–Kier alpha value is -2.35. The summed E-state index contributed by atoms with van der Waals surface area (Å²) in [7, 11) is 0.